The maximum atomic E-state index is 10.8. The van der Waals surface area contributed by atoms with Gasteiger partial charge in [-0.15, -0.1) is 0 Å². The molecule has 3 rings (SSSR count). The van der Waals surface area contributed by atoms with Gasteiger partial charge in [0, 0.05) is 19.0 Å². The molecule has 2 aliphatic rings. The molecule has 0 amide bonds. The number of aromatic hydroxyl groups is 1. The Hall–Kier alpha value is -1.02. The minimum absolute atomic E-state index is 0.147. The quantitative estimate of drug-likeness (QED) is 0.530. The number of piperidine rings is 1. The highest BCUT2D eigenvalue weighted by atomic mass is 16.3. The van der Waals surface area contributed by atoms with Gasteiger partial charge in [0.25, 0.3) is 0 Å². The third-order valence-corrected chi connectivity index (χ3v) is 6.63. The lowest BCUT2D eigenvalue weighted by Gasteiger charge is -2.34. The van der Waals surface area contributed by atoms with Crippen LogP contribution in [-0.4, -0.2) is 29.6 Å². The van der Waals surface area contributed by atoms with Gasteiger partial charge in [-0.2, -0.15) is 0 Å². The average Bonchev–Trinajstić information content (AvgIpc) is 3.43. The second-order valence-corrected chi connectivity index (χ2v) is 9.51. The molecule has 1 aromatic carbocycles. The highest BCUT2D eigenvalue weighted by molar-refractivity contribution is 5.41. The summed E-state index contributed by atoms with van der Waals surface area (Å²) in [5.74, 6) is 1.99. The van der Waals surface area contributed by atoms with Gasteiger partial charge >= 0.3 is 0 Å². The predicted molar refractivity (Wildman–Crippen MR) is 111 cm³/mol. The van der Waals surface area contributed by atoms with Gasteiger partial charge in [-0.1, -0.05) is 58.6 Å². The smallest absolute Gasteiger partial charge is 0.119 e. The Morgan fingerprint density at radius 1 is 1.12 bits per heavy atom. The van der Waals surface area contributed by atoms with Crippen LogP contribution in [0.1, 0.15) is 95.6 Å². The molecule has 1 atom stereocenters. The van der Waals surface area contributed by atoms with Gasteiger partial charge in [-0.05, 0) is 67.2 Å². The number of benzene rings is 1. The van der Waals surface area contributed by atoms with E-state index in [1.807, 2.05) is 0 Å². The first-order chi connectivity index (χ1) is 12.5. The van der Waals surface area contributed by atoms with E-state index in [1.54, 1.807) is 0 Å². The van der Waals surface area contributed by atoms with Gasteiger partial charge in [0.15, 0.2) is 0 Å². The van der Waals surface area contributed by atoms with Crippen molar-refractivity contribution in [2.45, 2.75) is 89.9 Å². The summed E-state index contributed by atoms with van der Waals surface area (Å²) in [6.07, 6.45) is 11.8. The van der Waals surface area contributed by atoms with Crippen LogP contribution in [0.15, 0.2) is 18.2 Å². The van der Waals surface area contributed by atoms with Crippen LogP contribution in [0.25, 0.3) is 0 Å². The Bertz CT molecular complexity index is 576. The van der Waals surface area contributed by atoms with Crippen LogP contribution in [0.5, 0.6) is 5.75 Å². The number of rotatable bonds is 9. The first kappa shape index (κ1) is 19.7. The Morgan fingerprint density at radius 2 is 1.92 bits per heavy atom. The van der Waals surface area contributed by atoms with E-state index in [-0.39, 0.29) is 5.41 Å². The summed E-state index contributed by atoms with van der Waals surface area (Å²) in [4.78, 5) is 2.64. The highest BCUT2D eigenvalue weighted by Gasteiger charge is 2.29. The van der Waals surface area contributed by atoms with E-state index in [1.165, 1.54) is 82.0 Å². The lowest BCUT2D eigenvalue weighted by atomic mass is 9.78. The predicted octanol–water partition coefficient (Wildman–Crippen LogP) is 6.23. The van der Waals surface area contributed by atoms with Crippen molar-refractivity contribution in [2.24, 2.45) is 5.92 Å². The van der Waals surface area contributed by atoms with Gasteiger partial charge in [0.2, 0.25) is 0 Å². The largest absolute Gasteiger partial charge is 0.508 e. The normalized spacial score (nSPS) is 21.9. The number of phenols is 1. The van der Waals surface area contributed by atoms with E-state index in [4.69, 9.17) is 0 Å². The molecule has 2 heteroatoms. The summed E-state index contributed by atoms with van der Waals surface area (Å²) < 4.78 is 0. The molecule has 1 aromatic rings. The molecule has 0 bridgehead atoms. The summed E-state index contributed by atoms with van der Waals surface area (Å²) in [5, 5.41) is 10.8. The Kier molecular flexibility index (Phi) is 6.66. The molecule has 1 aliphatic carbocycles. The molecular formula is C24H39NO. The summed E-state index contributed by atoms with van der Waals surface area (Å²) in [5.41, 5.74) is 2.62. The Morgan fingerprint density at radius 3 is 2.62 bits per heavy atom. The SMILES string of the molecule is CCCCCCC(C)(C)c1ccc(C2CCCN(CC3CC3)C2)c(O)c1. The van der Waals surface area contributed by atoms with Crippen LogP contribution in [0.3, 0.4) is 0 Å². The lowest BCUT2D eigenvalue weighted by molar-refractivity contribution is 0.199. The summed E-state index contributed by atoms with van der Waals surface area (Å²) in [7, 11) is 0. The molecule has 0 radical (unpaired) electrons. The minimum atomic E-state index is 0.147. The van der Waals surface area contributed by atoms with Crippen molar-refractivity contribution in [2.75, 3.05) is 19.6 Å². The van der Waals surface area contributed by atoms with E-state index in [0.29, 0.717) is 11.7 Å². The van der Waals surface area contributed by atoms with Crippen LogP contribution in [0.2, 0.25) is 0 Å². The van der Waals surface area contributed by atoms with Crippen LogP contribution in [0.4, 0.5) is 0 Å². The standard InChI is InChI=1S/C24H39NO/c1-4-5-6-7-14-24(2,3)21-12-13-22(23(26)16-21)20-9-8-15-25(18-20)17-19-10-11-19/h12-13,16,19-20,26H,4-11,14-15,17-18H2,1-3H3. The maximum absolute atomic E-state index is 10.8. The van der Waals surface area contributed by atoms with Crippen molar-refractivity contribution in [3.8, 4) is 5.75 Å². The van der Waals surface area contributed by atoms with E-state index in [9.17, 15) is 5.11 Å². The second kappa shape index (κ2) is 8.78. The molecule has 146 valence electrons. The van der Waals surface area contributed by atoms with Crippen molar-refractivity contribution in [1.29, 1.82) is 0 Å². The molecule has 1 unspecified atom stereocenters. The molecule has 2 fully saturated rings. The summed E-state index contributed by atoms with van der Waals surface area (Å²) in [6, 6.07) is 6.58. The zero-order valence-electron chi connectivity index (χ0n) is 17.3. The van der Waals surface area contributed by atoms with E-state index >= 15 is 0 Å². The lowest BCUT2D eigenvalue weighted by Crippen LogP contribution is -2.35. The number of phenolic OH excluding ortho intramolecular Hbond substituents is 1. The zero-order chi connectivity index (χ0) is 18.6. The fourth-order valence-corrected chi connectivity index (χ4v) is 4.59. The summed E-state index contributed by atoms with van der Waals surface area (Å²) >= 11 is 0. The Labute approximate surface area is 161 Å². The van der Waals surface area contributed by atoms with Crippen LogP contribution >= 0.6 is 0 Å². The number of hydrogen-bond acceptors (Lipinski definition) is 2. The van der Waals surface area contributed by atoms with E-state index < -0.39 is 0 Å². The van der Waals surface area contributed by atoms with Crippen molar-refractivity contribution >= 4 is 0 Å². The van der Waals surface area contributed by atoms with Crippen LogP contribution in [0, 0.1) is 5.92 Å². The van der Waals surface area contributed by atoms with E-state index in [2.05, 4.69) is 43.9 Å². The van der Waals surface area contributed by atoms with Gasteiger partial charge in [-0.3, -0.25) is 0 Å². The number of likely N-dealkylation sites (tertiary alicyclic amines) is 1. The molecule has 26 heavy (non-hydrogen) atoms. The molecule has 1 heterocycles. The fourth-order valence-electron chi connectivity index (χ4n) is 4.59. The second-order valence-electron chi connectivity index (χ2n) is 9.51. The third-order valence-electron chi connectivity index (χ3n) is 6.63. The molecule has 1 saturated carbocycles. The molecular weight excluding hydrogens is 318 g/mol. The molecule has 2 nitrogen and oxygen atoms in total. The van der Waals surface area contributed by atoms with Gasteiger partial charge in [0.05, 0.1) is 0 Å². The third kappa shape index (κ3) is 5.25. The highest BCUT2D eigenvalue weighted by Crippen LogP contribution is 2.38. The van der Waals surface area contributed by atoms with Crippen molar-refractivity contribution in [3.05, 3.63) is 29.3 Å². The molecule has 0 aromatic heterocycles. The fraction of sp³-hybridized carbons (Fsp3) is 0.750. The number of unbranched alkanes of at least 4 members (excludes halogenated alkanes) is 3. The maximum Gasteiger partial charge on any atom is 0.119 e. The van der Waals surface area contributed by atoms with Gasteiger partial charge in [0.1, 0.15) is 5.75 Å². The van der Waals surface area contributed by atoms with Crippen LogP contribution in [-0.2, 0) is 5.41 Å². The monoisotopic (exact) mass is 357 g/mol. The minimum Gasteiger partial charge on any atom is -0.508 e. The first-order valence-electron chi connectivity index (χ1n) is 11.1. The van der Waals surface area contributed by atoms with Crippen molar-refractivity contribution < 1.29 is 5.11 Å². The van der Waals surface area contributed by atoms with Crippen molar-refractivity contribution in [1.82, 2.24) is 4.90 Å². The molecule has 1 aliphatic heterocycles. The Balaban J connectivity index is 1.62. The topological polar surface area (TPSA) is 23.5 Å². The molecule has 1 N–H and O–H groups in total. The zero-order valence-corrected chi connectivity index (χ0v) is 17.3. The van der Waals surface area contributed by atoms with Crippen molar-refractivity contribution in [3.63, 3.8) is 0 Å². The van der Waals surface area contributed by atoms with Gasteiger partial charge in [-0.25, -0.2) is 0 Å². The van der Waals surface area contributed by atoms with Crippen LogP contribution < -0.4 is 0 Å². The number of hydrogen-bond donors (Lipinski definition) is 1. The van der Waals surface area contributed by atoms with Gasteiger partial charge < -0.3 is 10.0 Å². The van der Waals surface area contributed by atoms with E-state index in [0.717, 1.165) is 12.5 Å². The average molecular weight is 358 g/mol. The molecule has 0 spiro atoms. The molecule has 1 saturated heterocycles. The summed E-state index contributed by atoms with van der Waals surface area (Å²) in [6.45, 7) is 10.6. The number of nitrogens with zero attached hydrogens (tertiary/aromatic N) is 1. The first-order valence-corrected chi connectivity index (χ1v) is 11.1.